The van der Waals surface area contributed by atoms with Crippen LogP contribution in [-0.2, 0) is 11.3 Å². The molecule has 0 aliphatic rings. The molecule has 5 heteroatoms. The Morgan fingerprint density at radius 3 is 2.71 bits per heavy atom. The number of nitrogens with one attached hydrogen (secondary N) is 1. The Morgan fingerprint density at radius 1 is 1.04 bits per heavy atom. The minimum atomic E-state index is -0.196. The predicted octanol–water partition coefficient (Wildman–Crippen LogP) is 4.52. The lowest BCUT2D eigenvalue weighted by atomic mass is 10.1. The number of nitrogens with zero attached hydrogens (tertiary/aromatic N) is 3. The van der Waals surface area contributed by atoms with Crippen molar-refractivity contribution in [2.24, 2.45) is 0 Å². The Balaban J connectivity index is 1.46. The van der Waals surface area contributed by atoms with Crippen molar-refractivity contribution >= 4 is 28.2 Å². The molecule has 2 aromatic carbocycles. The number of allylic oxidation sites excluding steroid dienone is 1. The third-order valence-electron chi connectivity index (χ3n) is 4.52. The van der Waals surface area contributed by atoms with E-state index >= 15 is 0 Å². The molecule has 0 aliphatic carbocycles. The molecule has 0 fully saturated rings. The highest BCUT2D eigenvalue weighted by Gasteiger charge is 2.07. The first-order chi connectivity index (χ1) is 13.7. The van der Waals surface area contributed by atoms with Gasteiger partial charge in [0.1, 0.15) is 0 Å². The second-order valence-electron chi connectivity index (χ2n) is 6.57. The number of fused-ring (bicyclic) bond motifs is 1. The fraction of sp³-hybridized carbons (Fsp3) is 0.0870. The molecule has 0 saturated heterocycles. The molecule has 138 valence electrons. The molecule has 0 bridgehead atoms. The van der Waals surface area contributed by atoms with Gasteiger partial charge in [0, 0.05) is 29.9 Å². The summed E-state index contributed by atoms with van der Waals surface area (Å²) in [4.78, 5) is 16.8. The first-order valence-corrected chi connectivity index (χ1v) is 9.10. The molecule has 2 heterocycles. The van der Waals surface area contributed by atoms with E-state index in [2.05, 4.69) is 15.4 Å². The number of amides is 1. The van der Waals surface area contributed by atoms with Gasteiger partial charge in [-0.25, -0.2) is 0 Å². The Labute approximate surface area is 163 Å². The van der Waals surface area contributed by atoms with Crippen LogP contribution in [0.1, 0.15) is 18.1 Å². The van der Waals surface area contributed by atoms with Gasteiger partial charge in [0.25, 0.3) is 0 Å². The van der Waals surface area contributed by atoms with Crippen molar-refractivity contribution < 1.29 is 4.79 Å². The van der Waals surface area contributed by atoms with E-state index in [1.807, 2.05) is 73.8 Å². The SMILES string of the molecule is CC(=CC(=O)Nc1ccn(Cc2cccc3cccnc23)n1)c1ccccc1. The Hall–Kier alpha value is -3.73. The maximum atomic E-state index is 12.3. The average molecular weight is 368 g/mol. The zero-order valence-electron chi connectivity index (χ0n) is 15.5. The number of para-hydroxylation sites is 1. The van der Waals surface area contributed by atoms with Gasteiger partial charge in [-0.1, -0.05) is 54.6 Å². The molecule has 0 spiro atoms. The molecule has 0 unspecified atom stereocenters. The molecular weight excluding hydrogens is 348 g/mol. The minimum Gasteiger partial charge on any atom is -0.306 e. The third kappa shape index (κ3) is 3.99. The Morgan fingerprint density at radius 2 is 1.86 bits per heavy atom. The predicted molar refractivity (Wildman–Crippen MR) is 112 cm³/mol. The molecule has 4 rings (SSSR count). The number of benzene rings is 2. The summed E-state index contributed by atoms with van der Waals surface area (Å²) in [5.74, 6) is 0.328. The van der Waals surface area contributed by atoms with Gasteiger partial charge in [-0.2, -0.15) is 5.10 Å². The van der Waals surface area contributed by atoms with E-state index in [0.717, 1.165) is 27.6 Å². The number of carbonyl (C=O) groups excluding carboxylic acids is 1. The summed E-state index contributed by atoms with van der Waals surface area (Å²) in [6.45, 7) is 2.50. The van der Waals surface area contributed by atoms with E-state index in [-0.39, 0.29) is 5.91 Å². The largest absolute Gasteiger partial charge is 0.306 e. The molecular formula is C23H20N4O. The Bertz CT molecular complexity index is 1140. The van der Waals surface area contributed by atoms with E-state index in [1.54, 1.807) is 23.0 Å². The normalized spacial score (nSPS) is 11.5. The number of pyridine rings is 1. The lowest BCUT2D eigenvalue weighted by molar-refractivity contribution is -0.111. The zero-order valence-corrected chi connectivity index (χ0v) is 15.5. The molecule has 0 saturated carbocycles. The smallest absolute Gasteiger partial charge is 0.249 e. The second kappa shape index (κ2) is 7.88. The van der Waals surface area contributed by atoms with Crippen molar-refractivity contribution in [3.8, 4) is 0 Å². The zero-order chi connectivity index (χ0) is 19.3. The summed E-state index contributed by atoms with van der Waals surface area (Å²) in [7, 11) is 0. The maximum Gasteiger partial charge on any atom is 0.249 e. The van der Waals surface area contributed by atoms with Gasteiger partial charge >= 0.3 is 0 Å². The number of hydrogen-bond donors (Lipinski definition) is 1. The van der Waals surface area contributed by atoms with Crippen LogP contribution in [0.15, 0.2) is 85.2 Å². The van der Waals surface area contributed by atoms with Crippen LogP contribution in [0.3, 0.4) is 0 Å². The Kier molecular flexibility index (Phi) is 4.97. The van der Waals surface area contributed by atoms with Gasteiger partial charge in [0.2, 0.25) is 5.91 Å². The van der Waals surface area contributed by atoms with Crippen LogP contribution in [0.5, 0.6) is 0 Å². The summed E-state index contributed by atoms with van der Waals surface area (Å²) < 4.78 is 1.80. The van der Waals surface area contributed by atoms with Crippen LogP contribution in [0.25, 0.3) is 16.5 Å². The molecule has 1 N–H and O–H groups in total. The van der Waals surface area contributed by atoms with Crippen LogP contribution in [0.2, 0.25) is 0 Å². The number of aromatic nitrogens is 3. The first-order valence-electron chi connectivity index (χ1n) is 9.10. The summed E-state index contributed by atoms with van der Waals surface area (Å²) in [5, 5.41) is 8.38. The molecule has 2 aromatic heterocycles. The molecule has 5 nitrogen and oxygen atoms in total. The lowest BCUT2D eigenvalue weighted by Crippen LogP contribution is -2.10. The van der Waals surface area contributed by atoms with Crippen LogP contribution in [0, 0.1) is 0 Å². The van der Waals surface area contributed by atoms with E-state index in [4.69, 9.17) is 0 Å². The standard InChI is InChI=1S/C23H20N4O/c1-17(18-7-3-2-4-8-18)15-22(28)25-21-12-14-27(26-21)16-20-10-5-9-19-11-6-13-24-23(19)20/h2-15H,16H2,1H3,(H,25,26,28). The number of rotatable bonds is 5. The quantitative estimate of drug-likeness (QED) is 0.527. The molecule has 0 aliphatic heterocycles. The number of carbonyl (C=O) groups is 1. The van der Waals surface area contributed by atoms with Crippen molar-refractivity contribution in [2.45, 2.75) is 13.5 Å². The summed E-state index contributed by atoms with van der Waals surface area (Å²) in [5.41, 5.74) is 3.97. The van der Waals surface area contributed by atoms with Crippen LogP contribution >= 0.6 is 0 Å². The van der Waals surface area contributed by atoms with E-state index < -0.39 is 0 Å². The summed E-state index contributed by atoms with van der Waals surface area (Å²) >= 11 is 0. The lowest BCUT2D eigenvalue weighted by Gasteiger charge is -2.06. The average Bonchev–Trinajstić information content (AvgIpc) is 3.15. The molecule has 28 heavy (non-hydrogen) atoms. The fourth-order valence-electron chi connectivity index (χ4n) is 3.13. The second-order valence-corrected chi connectivity index (χ2v) is 6.57. The topological polar surface area (TPSA) is 59.8 Å². The number of anilines is 1. The van der Waals surface area contributed by atoms with Gasteiger partial charge in [-0.15, -0.1) is 0 Å². The number of hydrogen-bond acceptors (Lipinski definition) is 3. The summed E-state index contributed by atoms with van der Waals surface area (Å²) in [6.07, 6.45) is 5.23. The molecule has 0 atom stereocenters. The van der Waals surface area contributed by atoms with E-state index in [9.17, 15) is 4.79 Å². The molecule has 4 aromatic rings. The van der Waals surface area contributed by atoms with Gasteiger partial charge < -0.3 is 5.32 Å². The molecule has 1 amide bonds. The monoisotopic (exact) mass is 368 g/mol. The highest BCUT2D eigenvalue weighted by Crippen LogP contribution is 2.17. The highest BCUT2D eigenvalue weighted by atomic mass is 16.1. The van der Waals surface area contributed by atoms with Crippen molar-refractivity contribution in [2.75, 3.05) is 5.32 Å². The van der Waals surface area contributed by atoms with Crippen molar-refractivity contribution in [3.63, 3.8) is 0 Å². The van der Waals surface area contributed by atoms with Crippen molar-refractivity contribution in [1.29, 1.82) is 0 Å². The molecule has 0 radical (unpaired) electrons. The first kappa shape index (κ1) is 17.7. The maximum absolute atomic E-state index is 12.3. The summed E-state index contributed by atoms with van der Waals surface area (Å²) in [6, 6.07) is 21.7. The third-order valence-corrected chi connectivity index (χ3v) is 4.52. The fourth-order valence-corrected chi connectivity index (χ4v) is 3.13. The van der Waals surface area contributed by atoms with Crippen LogP contribution in [-0.4, -0.2) is 20.7 Å². The van der Waals surface area contributed by atoms with Crippen LogP contribution in [0.4, 0.5) is 5.82 Å². The highest BCUT2D eigenvalue weighted by molar-refractivity contribution is 6.03. The van der Waals surface area contributed by atoms with E-state index in [1.165, 1.54) is 0 Å². The van der Waals surface area contributed by atoms with E-state index in [0.29, 0.717) is 12.4 Å². The van der Waals surface area contributed by atoms with Crippen molar-refractivity contribution in [3.05, 3.63) is 96.3 Å². The van der Waals surface area contributed by atoms with Gasteiger partial charge in [-0.3, -0.25) is 14.5 Å². The van der Waals surface area contributed by atoms with Gasteiger partial charge in [0.15, 0.2) is 5.82 Å². The van der Waals surface area contributed by atoms with Gasteiger partial charge in [-0.05, 0) is 29.7 Å². The minimum absolute atomic E-state index is 0.196. The van der Waals surface area contributed by atoms with Crippen molar-refractivity contribution in [1.82, 2.24) is 14.8 Å². The van der Waals surface area contributed by atoms with Crippen LogP contribution < -0.4 is 5.32 Å². The van der Waals surface area contributed by atoms with Gasteiger partial charge in [0.05, 0.1) is 12.1 Å².